The number of ether oxygens (including phenoxy) is 1. The molecule has 3 unspecified atom stereocenters. The number of hydrogen-bond acceptors (Lipinski definition) is 2. The predicted octanol–water partition coefficient (Wildman–Crippen LogP) is 3.47. The van der Waals surface area contributed by atoms with Gasteiger partial charge in [-0.25, -0.2) is 4.79 Å². The van der Waals surface area contributed by atoms with Crippen LogP contribution in [0.2, 0.25) is 0 Å². The second kappa shape index (κ2) is 5.85. The Morgan fingerprint density at radius 2 is 2.06 bits per heavy atom. The number of carboxylic acid groups (broad SMARTS) is 1. The highest BCUT2D eigenvalue weighted by Gasteiger charge is 2.47. The van der Waals surface area contributed by atoms with E-state index in [0.717, 1.165) is 25.7 Å². The van der Waals surface area contributed by atoms with Gasteiger partial charge in [0, 0.05) is 0 Å². The molecule has 1 aliphatic carbocycles. The zero-order chi connectivity index (χ0) is 13.1. The van der Waals surface area contributed by atoms with Crippen LogP contribution in [-0.4, -0.2) is 22.8 Å². The lowest BCUT2D eigenvalue weighted by atomic mass is 9.76. The molecule has 0 amide bonds. The van der Waals surface area contributed by atoms with Gasteiger partial charge in [0.25, 0.3) is 0 Å². The molecule has 17 heavy (non-hydrogen) atoms. The zero-order valence-corrected chi connectivity index (χ0v) is 11.5. The molecule has 0 aromatic rings. The van der Waals surface area contributed by atoms with Gasteiger partial charge >= 0.3 is 5.97 Å². The Labute approximate surface area is 105 Å². The SMILES string of the molecule is CC(C)CC(C)OC1(C(=O)O)CCCCC1C. The molecule has 1 rings (SSSR count). The van der Waals surface area contributed by atoms with Crippen LogP contribution in [0.5, 0.6) is 0 Å². The van der Waals surface area contributed by atoms with Gasteiger partial charge in [-0.05, 0) is 44.4 Å². The third kappa shape index (κ3) is 3.44. The summed E-state index contributed by atoms with van der Waals surface area (Å²) in [6.07, 6.45) is 4.64. The summed E-state index contributed by atoms with van der Waals surface area (Å²) < 4.78 is 5.96. The monoisotopic (exact) mass is 242 g/mol. The Morgan fingerprint density at radius 3 is 2.53 bits per heavy atom. The highest BCUT2D eigenvalue weighted by atomic mass is 16.5. The molecule has 0 bridgehead atoms. The van der Waals surface area contributed by atoms with Crippen LogP contribution in [0.4, 0.5) is 0 Å². The third-order valence-electron chi connectivity index (χ3n) is 3.81. The van der Waals surface area contributed by atoms with Crippen LogP contribution < -0.4 is 0 Å². The lowest BCUT2D eigenvalue weighted by molar-refractivity contribution is -0.190. The zero-order valence-electron chi connectivity index (χ0n) is 11.5. The van der Waals surface area contributed by atoms with E-state index < -0.39 is 11.6 Å². The number of hydrogen-bond donors (Lipinski definition) is 1. The lowest BCUT2D eigenvalue weighted by Gasteiger charge is -2.40. The Balaban J connectivity index is 2.74. The Hall–Kier alpha value is -0.570. The van der Waals surface area contributed by atoms with E-state index in [2.05, 4.69) is 13.8 Å². The second-order valence-electron chi connectivity index (χ2n) is 5.90. The molecule has 100 valence electrons. The van der Waals surface area contributed by atoms with Crippen LogP contribution in [0.25, 0.3) is 0 Å². The van der Waals surface area contributed by atoms with E-state index >= 15 is 0 Å². The van der Waals surface area contributed by atoms with Crippen LogP contribution >= 0.6 is 0 Å². The molecule has 0 aliphatic heterocycles. The number of aliphatic carboxylic acids is 1. The van der Waals surface area contributed by atoms with E-state index in [-0.39, 0.29) is 12.0 Å². The molecule has 1 aliphatic rings. The van der Waals surface area contributed by atoms with Gasteiger partial charge < -0.3 is 9.84 Å². The maximum Gasteiger partial charge on any atom is 0.336 e. The summed E-state index contributed by atoms with van der Waals surface area (Å²) in [6.45, 7) is 8.27. The van der Waals surface area contributed by atoms with Gasteiger partial charge in [0.1, 0.15) is 0 Å². The highest BCUT2D eigenvalue weighted by molar-refractivity contribution is 5.78. The maximum atomic E-state index is 11.6. The molecule has 0 saturated heterocycles. The molecular formula is C14H26O3. The summed E-state index contributed by atoms with van der Waals surface area (Å²) in [5.41, 5.74) is -0.938. The largest absolute Gasteiger partial charge is 0.479 e. The molecule has 1 fully saturated rings. The van der Waals surface area contributed by atoms with Gasteiger partial charge in [-0.1, -0.05) is 27.2 Å². The predicted molar refractivity (Wildman–Crippen MR) is 68.0 cm³/mol. The first-order valence-corrected chi connectivity index (χ1v) is 6.79. The molecule has 0 aromatic carbocycles. The summed E-state index contributed by atoms with van der Waals surface area (Å²) in [5.74, 6) is -0.126. The second-order valence-corrected chi connectivity index (χ2v) is 5.90. The Kier molecular flexibility index (Phi) is 4.99. The molecule has 0 radical (unpaired) electrons. The molecule has 3 heteroatoms. The van der Waals surface area contributed by atoms with Crippen LogP contribution in [-0.2, 0) is 9.53 Å². The standard InChI is InChI=1S/C14H26O3/c1-10(2)9-12(4)17-14(13(15)16)8-6-5-7-11(14)3/h10-12H,5-9H2,1-4H3,(H,15,16). The van der Waals surface area contributed by atoms with Crippen molar-refractivity contribution in [3.63, 3.8) is 0 Å². The van der Waals surface area contributed by atoms with Gasteiger partial charge in [-0.15, -0.1) is 0 Å². The first-order chi connectivity index (χ1) is 7.88. The molecule has 0 heterocycles. The maximum absolute atomic E-state index is 11.6. The van der Waals surface area contributed by atoms with E-state index in [0.29, 0.717) is 12.3 Å². The first kappa shape index (κ1) is 14.5. The average Bonchev–Trinajstić information content (AvgIpc) is 2.19. The minimum atomic E-state index is -0.938. The van der Waals surface area contributed by atoms with Crippen molar-refractivity contribution in [1.82, 2.24) is 0 Å². The minimum Gasteiger partial charge on any atom is -0.479 e. The fraction of sp³-hybridized carbons (Fsp3) is 0.929. The van der Waals surface area contributed by atoms with Crippen molar-refractivity contribution in [3.8, 4) is 0 Å². The van der Waals surface area contributed by atoms with Crippen LogP contribution in [0.3, 0.4) is 0 Å². The van der Waals surface area contributed by atoms with E-state index in [9.17, 15) is 9.90 Å². The van der Waals surface area contributed by atoms with Crippen molar-refractivity contribution in [3.05, 3.63) is 0 Å². The number of carboxylic acids is 1. The van der Waals surface area contributed by atoms with E-state index in [1.807, 2.05) is 13.8 Å². The third-order valence-corrected chi connectivity index (χ3v) is 3.81. The van der Waals surface area contributed by atoms with Crippen molar-refractivity contribution in [2.75, 3.05) is 0 Å². The van der Waals surface area contributed by atoms with E-state index in [1.54, 1.807) is 0 Å². The first-order valence-electron chi connectivity index (χ1n) is 6.79. The fourth-order valence-electron chi connectivity index (χ4n) is 2.93. The van der Waals surface area contributed by atoms with Gasteiger partial charge in [0.05, 0.1) is 6.10 Å². The summed E-state index contributed by atoms with van der Waals surface area (Å²) >= 11 is 0. The summed E-state index contributed by atoms with van der Waals surface area (Å²) in [7, 11) is 0. The Morgan fingerprint density at radius 1 is 1.41 bits per heavy atom. The summed E-state index contributed by atoms with van der Waals surface area (Å²) in [6, 6.07) is 0. The van der Waals surface area contributed by atoms with Crippen molar-refractivity contribution in [2.24, 2.45) is 11.8 Å². The molecular weight excluding hydrogens is 216 g/mol. The quantitative estimate of drug-likeness (QED) is 0.803. The fourth-order valence-corrected chi connectivity index (χ4v) is 2.93. The minimum absolute atomic E-state index is 0.0200. The van der Waals surface area contributed by atoms with Gasteiger partial charge in [-0.3, -0.25) is 0 Å². The molecule has 3 nitrogen and oxygen atoms in total. The molecule has 3 atom stereocenters. The van der Waals surface area contributed by atoms with Crippen LogP contribution in [0.1, 0.15) is 59.8 Å². The van der Waals surface area contributed by atoms with Gasteiger partial charge in [0.2, 0.25) is 0 Å². The summed E-state index contributed by atoms with van der Waals surface area (Å²) in [5, 5.41) is 9.52. The average molecular weight is 242 g/mol. The molecule has 0 spiro atoms. The van der Waals surface area contributed by atoms with Crippen LogP contribution in [0, 0.1) is 11.8 Å². The highest BCUT2D eigenvalue weighted by Crippen LogP contribution is 2.38. The number of rotatable bonds is 5. The van der Waals surface area contributed by atoms with Gasteiger partial charge in [-0.2, -0.15) is 0 Å². The van der Waals surface area contributed by atoms with Gasteiger partial charge in [0.15, 0.2) is 5.60 Å². The normalized spacial score (nSPS) is 31.5. The lowest BCUT2D eigenvalue weighted by Crippen LogP contribution is -2.51. The van der Waals surface area contributed by atoms with E-state index in [1.165, 1.54) is 0 Å². The van der Waals surface area contributed by atoms with Crippen molar-refractivity contribution < 1.29 is 14.6 Å². The molecule has 1 saturated carbocycles. The van der Waals surface area contributed by atoms with Crippen molar-refractivity contribution in [1.29, 1.82) is 0 Å². The van der Waals surface area contributed by atoms with Crippen molar-refractivity contribution in [2.45, 2.75) is 71.5 Å². The number of carbonyl (C=O) groups is 1. The topological polar surface area (TPSA) is 46.5 Å². The molecule has 0 aromatic heterocycles. The molecule has 1 N–H and O–H groups in total. The van der Waals surface area contributed by atoms with E-state index in [4.69, 9.17) is 4.74 Å². The van der Waals surface area contributed by atoms with Crippen molar-refractivity contribution >= 4 is 5.97 Å². The van der Waals surface area contributed by atoms with Crippen LogP contribution in [0.15, 0.2) is 0 Å². The smallest absolute Gasteiger partial charge is 0.336 e. The summed E-state index contributed by atoms with van der Waals surface area (Å²) in [4.78, 5) is 11.6. The Bertz CT molecular complexity index is 262.